The Hall–Kier alpha value is -0.480. The number of carbonyl (C=O) groups is 1. The Labute approximate surface area is 86.0 Å². The summed E-state index contributed by atoms with van der Waals surface area (Å²) in [7, 11) is 0. The molecule has 0 aliphatic carbocycles. The van der Waals surface area contributed by atoms with Gasteiger partial charge in [0.15, 0.2) is 0 Å². The fourth-order valence-corrected chi connectivity index (χ4v) is 3.33. The molecule has 1 N–H and O–H groups in total. The minimum absolute atomic E-state index is 0.142. The maximum absolute atomic E-state index is 10.4. The summed E-state index contributed by atoms with van der Waals surface area (Å²) >= 11 is 3.34. The molecular formula is C9H12O2S2. The Balaban J connectivity index is 2.58. The van der Waals surface area contributed by atoms with Gasteiger partial charge < -0.3 is 5.11 Å². The second-order valence-electron chi connectivity index (χ2n) is 2.96. The van der Waals surface area contributed by atoms with E-state index in [1.807, 2.05) is 12.1 Å². The van der Waals surface area contributed by atoms with Gasteiger partial charge >= 0.3 is 5.97 Å². The van der Waals surface area contributed by atoms with E-state index < -0.39 is 5.97 Å². The minimum Gasteiger partial charge on any atom is -0.481 e. The lowest BCUT2D eigenvalue weighted by molar-refractivity contribution is -0.136. The number of thiophene rings is 1. The maximum atomic E-state index is 10.4. The molecule has 1 heterocycles. The topological polar surface area (TPSA) is 37.3 Å². The van der Waals surface area contributed by atoms with E-state index in [9.17, 15) is 4.79 Å². The average molecular weight is 216 g/mol. The summed E-state index contributed by atoms with van der Waals surface area (Å²) in [6, 6.07) is 3.89. The van der Waals surface area contributed by atoms with E-state index in [2.05, 4.69) is 13.8 Å². The van der Waals surface area contributed by atoms with Crippen LogP contribution in [0.2, 0.25) is 0 Å². The van der Waals surface area contributed by atoms with Crippen molar-refractivity contribution in [2.75, 3.05) is 0 Å². The summed E-state index contributed by atoms with van der Waals surface area (Å²) in [6.07, 6.45) is 0.142. The molecule has 1 aromatic rings. The largest absolute Gasteiger partial charge is 0.481 e. The van der Waals surface area contributed by atoms with Crippen molar-refractivity contribution in [2.24, 2.45) is 0 Å². The molecule has 0 aliphatic rings. The molecule has 13 heavy (non-hydrogen) atoms. The SMILES string of the molecule is CC(C)Sc1ccc(CC(=O)O)s1. The van der Waals surface area contributed by atoms with Crippen LogP contribution in [0.1, 0.15) is 18.7 Å². The normalized spacial score (nSPS) is 10.7. The van der Waals surface area contributed by atoms with Crippen molar-refractivity contribution in [3.63, 3.8) is 0 Å². The third kappa shape index (κ3) is 3.83. The first-order chi connectivity index (χ1) is 6.08. The van der Waals surface area contributed by atoms with Crippen LogP contribution in [0.3, 0.4) is 0 Å². The second-order valence-corrected chi connectivity index (χ2v) is 6.00. The van der Waals surface area contributed by atoms with E-state index in [0.29, 0.717) is 5.25 Å². The molecule has 1 aromatic heterocycles. The molecule has 0 bridgehead atoms. The summed E-state index contributed by atoms with van der Waals surface area (Å²) in [5.74, 6) is -0.761. The predicted octanol–water partition coefficient (Wildman–Crippen LogP) is 2.88. The Morgan fingerprint density at radius 2 is 2.31 bits per heavy atom. The molecule has 0 radical (unpaired) electrons. The molecule has 1 rings (SSSR count). The number of carboxylic acid groups (broad SMARTS) is 1. The van der Waals surface area contributed by atoms with Gasteiger partial charge in [-0.1, -0.05) is 13.8 Å². The Bertz CT molecular complexity index is 292. The van der Waals surface area contributed by atoms with Crippen LogP contribution in [0.25, 0.3) is 0 Å². The third-order valence-electron chi connectivity index (χ3n) is 1.31. The molecule has 0 spiro atoms. The van der Waals surface area contributed by atoms with Gasteiger partial charge in [0.1, 0.15) is 0 Å². The number of hydrogen-bond donors (Lipinski definition) is 1. The van der Waals surface area contributed by atoms with E-state index in [1.54, 1.807) is 23.1 Å². The van der Waals surface area contributed by atoms with E-state index in [1.165, 1.54) is 4.21 Å². The average Bonchev–Trinajstić information content (AvgIpc) is 2.33. The first-order valence-electron chi connectivity index (χ1n) is 4.05. The van der Waals surface area contributed by atoms with Crippen LogP contribution in [0, 0.1) is 0 Å². The number of rotatable bonds is 4. The van der Waals surface area contributed by atoms with Crippen LogP contribution in [-0.4, -0.2) is 16.3 Å². The van der Waals surface area contributed by atoms with Crippen molar-refractivity contribution >= 4 is 29.1 Å². The van der Waals surface area contributed by atoms with Gasteiger partial charge in [-0.15, -0.1) is 23.1 Å². The van der Waals surface area contributed by atoms with Crippen molar-refractivity contribution in [3.05, 3.63) is 17.0 Å². The standard InChI is InChI=1S/C9H12O2S2/c1-6(2)12-9-4-3-7(13-9)5-8(10)11/h3-4,6H,5H2,1-2H3,(H,10,11). The zero-order chi connectivity index (χ0) is 9.84. The van der Waals surface area contributed by atoms with E-state index >= 15 is 0 Å². The highest BCUT2D eigenvalue weighted by Crippen LogP contribution is 2.30. The van der Waals surface area contributed by atoms with Gasteiger partial charge in [-0.2, -0.15) is 0 Å². The number of aliphatic carboxylic acids is 1. The van der Waals surface area contributed by atoms with Gasteiger partial charge in [-0.05, 0) is 12.1 Å². The first-order valence-corrected chi connectivity index (χ1v) is 5.74. The fraction of sp³-hybridized carbons (Fsp3) is 0.444. The molecule has 0 saturated heterocycles. The molecule has 0 unspecified atom stereocenters. The van der Waals surface area contributed by atoms with Crippen LogP contribution in [-0.2, 0) is 11.2 Å². The molecule has 72 valence electrons. The van der Waals surface area contributed by atoms with Crippen molar-refractivity contribution in [1.82, 2.24) is 0 Å². The summed E-state index contributed by atoms with van der Waals surface area (Å²) in [4.78, 5) is 11.3. The van der Waals surface area contributed by atoms with Crippen LogP contribution >= 0.6 is 23.1 Å². The van der Waals surface area contributed by atoms with Gasteiger partial charge in [0.05, 0.1) is 10.6 Å². The summed E-state index contributed by atoms with van der Waals surface area (Å²) < 4.78 is 1.20. The molecule has 0 amide bonds. The molecule has 0 aliphatic heterocycles. The van der Waals surface area contributed by atoms with Gasteiger partial charge in [-0.25, -0.2) is 0 Å². The molecule has 0 atom stereocenters. The summed E-state index contributed by atoms with van der Waals surface area (Å²) in [5.41, 5.74) is 0. The zero-order valence-electron chi connectivity index (χ0n) is 7.61. The molecule has 4 heteroatoms. The van der Waals surface area contributed by atoms with Crippen LogP contribution < -0.4 is 0 Å². The van der Waals surface area contributed by atoms with Crippen LogP contribution in [0.15, 0.2) is 16.3 Å². The van der Waals surface area contributed by atoms with E-state index in [0.717, 1.165) is 4.88 Å². The lowest BCUT2D eigenvalue weighted by atomic mass is 10.3. The van der Waals surface area contributed by atoms with E-state index in [-0.39, 0.29) is 6.42 Å². The fourth-order valence-electron chi connectivity index (χ4n) is 0.898. The first kappa shape index (κ1) is 10.6. The highest BCUT2D eigenvalue weighted by atomic mass is 32.2. The smallest absolute Gasteiger partial charge is 0.308 e. The Morgan fingerprint density at radius 1 is 1.62 bits per heavy atom. The van der Waals surface area contributed by atoms with Crippen molar-refractivity contribution in [1.29, 1.82) is 0 Å². The zero-order valence-corrected chi connectivity index (χ0v) is 9.24. The lowest BCUT2D eigenvalue weighted by Gasteiger charge is -1.99. The minimum atomic E-state index is -0.761. The third-order valence-corrected chi connectivity index (χ3v) is 3.57. The lowest BCUT2D eigenvalue weighted by Crippen LogP contribution is -1.96. The molecule has 0 fully saturated rings. The highest BCUT2D eigenvalue weighted by molar-refractivity contribution is 8.01. The van der Waals surface area contributed by atoms with Crippen molar-refractivity contribution in [2.45, 2.75) is 29.7 Å². The van der Waals surface area contributed by atoms with Gasteiger partial charge in [0.2, 0.25) is 0 Å². The monoisotopic (exact) mass is 216 g/mol. The maximum Gasteiger partial charge on any atom is 0.308 e. The number of thioether (sulfide) groups is 1. The van der Waals surface area contributed by atoms with Crippen molar-refractivity contribution in [3.8, 4) is 0 Å². The Kier molecular flexibility index (Phi) is 3.81. The molecule has 2 nitrogen and oxygen atoms in total. The van der Waals surface area contributed by atoms with Gasteiger partial charge in [0.25, 0.3) is 0 Å². The second kappa shape index (κ2) is 4.67. The van der Waals surface area contributed by atoms with Crippen molar-refractivity contribution < 1.29 is 9.90 Å². The predicted molar refractivity (Wildman–Crippen MR) is 56.7 cm³/mol. The summed E-state index contributed by atoms with van der Waals surface area (Å²) in [5, 5.41) is 9.11. The van der Waals surface area contributed by atoms with Crippen LogP contribution in [0.5, 0.6) is 0 Å². The molecule has 0 aromatic carbocycles. The highest BCUT2D eigenvalue weighted by Gasteiger charge is 2.05. The van der Waals surface area contributed by atoms with E-state index in [4.69, 9.17) is 5.11 Å². The Morgan fingerprint density at radius 3 is 2.85 bits per heavy atom. The van der Waals surface area contributed by atoms with Crippen LogP contribution in [0.4, 0.5) is 0 Å². The molecular weight excluding hydrogens is 204 g/mol. The number of carboxylic acids is 1. The summed E-state index contributed by atoms with van der Waals surface area (Å²) in [6.45, 7) is 4.25. The quantitative estimate of drug-likeness (QED) is 0.786. The number of hydrogen-bond acceptors (Lipinski definition) is 3. The molecule has 0 saturated carbocycles. The van der Waals surface area contributed by atoms with Gasteiger partial charge in [0, 0.05) is 10.1 Å². The van der Waals surface area contributed by atoms with Gasteiger partial charge in [-0.3, -0.25) is 4.79 Å².